The molecule has 0 aromatic carbocycles. The maximum absolute atomic E-state index is 11.3. The van der Waals surface area contributed by atoms with Gasteiger partial charge in [-0.05, 0) is 12.1 Å². The number of carboxylic acids is 1. The van der Waals surface area contributed by atoms with Crippen LogP contribution >= 0.6 is 0 Å². The second-order valence-electron chi connectivity index (χ2n) is 3.37. The van der Waals surface area contributed by atoms with Crippen LogP contribution in [0.5, 0.6) is 0 Å². The summed E-state index contributed by atoms with van der Waals surface area (Å²) in [6.45, 7) is 0. The number of hydrogen-bond donors (Lipinski definition) is 4. The molecule has 0 aliphatic heterocycles. The molecule has 5 N–H and O–H groups in total. The lowest BCUT2D eigenvalue weighted by Crippen LogP contribution is -2.40. The van der Waals surface area contributed by atoms with Gasteiger partial charge in [0.15, 0.2) is 0 Å². The van der Waals surface area contributed by atoms with E-state index < -0.39 is 30.4 Å². The number of hydrogen-bond acceptors (Lipinski definition) is 5. The van der Waals surface area contributed by atoms with Gasteiger partial charge >= 0.3 is 12.0 Å². The number of carbonyl (C=O) groups excluding carboxylic acids is 2. The van der Waals surface area contributed by atoms with E-state index in [1.54, 1.807) is 12.1 Å². The van der Waals surface area contributed by atoms with Crippen LogP contribution in [0.4, 0.5) is 10.6 Å². The molecule has 1 heterocycles. The van der Waals surface area contributed by atoms with Gasteiger partial charge in [-0.25, -0.2) is 9.78 Å². The molecule has 0 saturated heterocycles. The number of aromatic nitrogens is 1. The Morgan fingerprint density at radius 1 is 1.39 bits per heavy atom. The normalized spacial score (nSPS) is 11.4. The highest BCUT2D eigenvalue weighted by Crippen LogP contribution is 1.99. The van der Waals surface area contributed by atoms with Gasteiger partial charge in [-0.2, -0.15) is 0 Å². The van der Waals surface area contributed by atoms with E-state index in [1.165, 1.54) is 12.3 Å². The second-order valence-corrected chi connectivity index (χ2v) is 3.37. The Morgan fingerprint density at radius 2 is 2.11 bits per heavy atom. The number of nitrogens with two attached hydrogens (primary N) is 1. The van der Waals surface area contributed by atoms with Crippen LogP contribution in [-0.2, 0) is 9.59 Å². The average molecular weight is 252 g/mol. The Kier molecular flexibility index (Phi) is 4.76. The lowest BCUT2D eigenvalue weighted by atomic mass is 10.2. The van der Waals surface area contributed by atoms with E-state index in [2.05, 4.69) is 10.3 Å². The number of amides is 3. The van der Waals surface area contributed by atoms with Crippen molar-refractivity contribution in [3.8, 4) is 0 Å². The third-order valence-electron chi connectivity index (χ3n) is 1.88. The summed E-state index contributed by atoms with van der Waals surface area (Å²) in [4.78, 5) is 36.7. The molecule has 1 unspecified atom stereocenters. The fourth-order valence-corrected chi connectivity index (χ4v) is 1.05. The number of imide groups is 1. The highest BCUT2D eigenvalue weighted by Gasteiger charge is 2.17. The van der Waals surface area contributed by atoms with Crippen molar-refractivity contribution in [2.75, 3.05) is 5.32 Å². The maximum atomic E-state index is 11.3. The van der Waals surface area contributed by atoms with Crippen molar-refractivity contribution in [1.29, 1.82) is 0 Å². The molecule has 0 radical (unpaired) electrons. The van der Waals surface area contributed by atoms with Crippen LogP contribution in [0.2, 0.25) is 0 Å². The predicted molar refractivity (Wildman–Crippen MR) is 61.6 cm³/mol. The molecule has 0 spiro atoms. The molecule has 0 bridgehead atoms. The van der Waals surface area contributed by atoms with Crippen molar-refractivity contribution < 1.29 is 19.5 Å². The van der Waals surface area contributed by atoms with Crippen molar-refractivity contribution in [2.24, 2.45) is 5.73 Å². The van der Waals surface area contributed by atoms with E-state index in [9.17, 15) is 14.4 Å². The average Bonchev–Trinajstić information content (AvgIpc) is 2.29. The van der Waals surface area contributed by atoms with Crippen molar-refractivity contribution in [3.63, 3.8) is 0 Å². The Balaban J connectivity index is 2.41. The summed E-state index contributed by atoms with van der Waals surface area (Å²) in [7, 11) is 0. The number of pyridine rings is 1. The van der Waals surface area contributed by atoms with Crippen molar-refractivity contribution in [2.45, 2.75) is 12.5 Å². The fourth-order valence-electron chi connectivity index (χ4n) is 1.05. The minimum atomic E-state index is -1.34. The zero-order valence-corrected chi connectivity index (χ0v) is 9.29. The molecule has 1 rings (SSSR count). The number of nitrogens with one attached hydrogen (secondary N) is 2. The molecular formula is C10H12N4O4. The lowest BCUT2D eigenvalue weighted by Gasteiger charge is -2.07. The molecule has 0 fully saturated rings. The quantitative estimate of drug-likeness (QED) is 0.572. The van der Waals surface area contributed by atoms with Crippen LogP contribution in [-0.4, -0.2) is 34.0 Å². The third-order valence-corrected chi connectivity index (χ3v) is 1.88. The van der Waals surface area contributed by atoms with Gasteiger partial charge in [0, 0.05) is 6.20 Å². The minimum Gasteiger partial charge on any atom is -0.480 e. The molecule has 18 heavy (non-hydrogen) atoms. The molecule has 8 heteroatoms. The van der Waals surface area contributed by atoms with Crippen LogP contribution < -0.4 is 16.4 Å². The SMILES string of the molecule is NC(CC(=O)NC(=O)Nc1ccccn1)C(=O)O. The van der Waals surface area contributed by atoms with Gasteiger partial charge in [0.25, 0.3) is 0 Å². The molecule has 96 valence electrons. The van der Waals surface area contributed by atoms with E-state index in [0.29, 0.717) is 0 Å². The summed E-state index contributed by atoms with van der Waals surface area (Å²) in [5.41, 5.74) is 5.14. The lowest BCUT2D eigenvalue weighted by molar-refractivity contribution is -0.140. The van der Waals surface area contributed by atoms with E-state index >= 15 is 0 Å². The zero-order valence-electron chi connectivity index (χ0n) is 9.29. The molecule has 1 aromatic rings. The number of nitrogens with zero attached hydrogens (tertiary/aromatic N) is 1. The maximum Gasteiger partial charge on any atom is 0.327 e. The summed E-state index contributed by atoms with van der Waals surface area (Å²) in [5.74, 6) is -1.82. The molecule has 1 atom stereocenters. The fraction of sp³-hybridized carbons (Fsp3) is 0.200. The van der Waals surface area contributed by atoms with Gasteiger partial charge < -0.3 is 10.8 Å². The first-order valence-corrected chi connectivity index (χ1v) is 4.99. The standard InChI is InChI=1S/C10H12N4O4/c11-6(9(16)17)5-8(15)14-10(18)13-7-3-1-2-4-12-7/h1-4,6H,5,11H2,(H,16,17)(H2,12,13,14,15,18). The Morgan fingerprint density at radius 3 is 2.67 bits per heavy atom. The second kappa shape index (κ2) is 6.30. The smallest absolute Gasteiger partial charge is 0.327 e. The van der Waals surface area contributed by atoms with Crippen LogP contribution in [0.15, 0.2) is 24.4 Å². The zero-order chi connectivity index (χ0) is 13.5. The number of anilines is 1. The van der Waals surface area contributed by atoms with Gasteiger partial charge in [-0.15, -0.1) is 0 Å². The first kappa shape index (κ1) is 13.6. The van der Waals surface area contributed by atoms with E-state index in [-0.39, 0.29) is 5.82 Å². The monoisotopic (exact) mass is 252 g/mol. The topological polar surface area (TPSA) is 134 Å². The number of aliphatic carboxylic acids is 1. The van der Waals surface area contributed by atoms with Gasteiger partial charge in [0.05, 0.1) is 6.42 Å². The highest BCUT2D eigenvalue weighted by molar-refractivity contribution is 6.01. The Labute approximate surface area is 102 Å². The van der Waals surface area contributed by atoms with E-state index in [1.807, 2.05) is 5.32 Å². The van der Waals surface area contributed by atoms with Gasteiger partial charge in [-0.1, -0.05) is 6.07 Å². The van der Waals surface area contributed by atoms with Gasteiger partial charge in [0.2, 0.25) is 5.91 Å². The Bertz CT molecular complexity index is 448. The van der Waals surface area contributed by atoms with Crippen molar-refractivity contribution in [1.82, 2.24) is 10.3 Å². The Hall–Kier alpha value is -2.48. The van der Waals surface area contributed by atoms with Crippen LogP contribution in [0.25, 0.3) is 0 Å². The molecular weight excluding hydrogens is 240 g/mol. The van der Waals surface area contributed by atoms with E-state index in [4.69, 9.17) is 10.8 Å². The molecule has 8 nitrogen and oxygen atoms in total. The summed E-state index contributed by atoms with van der Waals surface area (Å²) < 4.78 is 0. The molecule has 1 aromatic heterocycles. The summed E-state index contributed by atoms with van der Waals surface area (Å²) >= 11 is 0. The molecule has 0 aliphatic rings. The number of urea groups is 1. The van der Waals surface area contributed by atoms with Gasteiger partial charge in [-0.3, -0.25) is 20.2 Å². The molecule has 0 saturated carbocycles. The van der Waals surface area contributed by atoms with Crippen molar-refractivity contribution >= 4 is 23.7 Å². The summed E-state index contributed by atoms with van der Waals surface area (Å²) in [6.07, 6.45) is 0.989. The van der Waals surface area contributed by atoms with Gasteiger partial charge in [0.1, 0.15) is 11.9 Å². The third kappa shape index (κ3) is 4.58. The predicted octanol–water partition coefficient (Wildman–Crippen LogP) is -0.468. The first-order valence-electron chi connectivity index (χ1n) is 4.99. The molecule has 3 amide bonds. The minimum absolute atomic E-state index is 0.269. The van der Waals surface area contributed by atoms with Crippen LogP contribution in [0.3, 0.4) is 0 Å². The van der Waals surface area contributed by atoms with E-state index in [0.717, 1.165) is 0 Å². The highest BCUT2D eigenvalue weighted by atomic mass is 16.4. The number of carboxylic acid groups (broad SMARTS) is 1. The van der Waals surface area contributed by atoms with Crippen LogP contribution in [0, 0.1) is 0 Å². The number of carbonyl (C=O) groups is 3. The van der Waals surface area contributed by atoms with Crippen LogP contribution in [0.1, 0.15) is 6.42 Å². The number of rotatable bonds is 4. The molecule has 0 aliphatic carbocycles. The largest absolute Gasteiger partial charge is 0.480 e. The first-order chi connectivity index (χ1) is 8.49. The van der Waals surface area contributed by atoms with Crippen molar-refractivity contribution in [3.05, 3.63) is 24.4 Å². The summed E-state index contributed by atoms with van der Waals surface area (Å²) in [6, 6.07) is 2.72. The summed E-state index contributed by atoms with van der Waals surface area (Å²) in [5, 5.41) is 12.7.